The minimum atomic E-state index is -0.228. The van der Waals surface area contributed by atoms with Gasteiger partial charge in [-0.1, -0.05) is 29.8 Å². The van der Waals surface area contributed by atoms with Crippen LogP contribution in [0.5, 0.6) is 0 Å². The molecule has 29 heavy (non-hydrogen) atoms. The largest absolute Gasteiger partial charge is 0.396 e. The van der Waals surface area contributed by atoms with Crippen molar-refractivity contribution in [3.63, 3.8) is 0 Å². The van der Waals surface area contributed by atoms with Crippen LogP contribution in [0.25, 0.3) is 5.69 Å². The van der Waals surface area contributed by atoms with Gasteiger partial charge in [0.25, 0.3) is 0 Å². The van der Waals surface area contributed by atoms with Crippen LogP contribution in [0.2, 0.25) is 5.02 Å². The van der Waals surface area contributed by atoms with Crippen LogP contribution in [-0.2, 0) is 13.0 Å². The Morgan fingerprint density at radius 1 is 1.14 bits per heavy atom. The molecule has 0 radical (unpaired) electrons. The number of benzene rings is 2. The van der Waals surface area contributed by atoms with Crippen LogP contribution in [-0.4, -0.2) is 39.5 Å². The second kappa shape index (κ2) is 8.66. The first-order valence-electron chi connectivity index (χ1n) is 9.92. The van der Waals surface area contributed by atoms with E-state index in [1.54, 1.807) is 0 Å². The smallest absolute Gasteiger partial charge is 0.123 e. The van der Waals surface area contributed by atoms with Gasteiger partial charge in [-0.25, -0.2) is 9.07 Å². The van der Waals surface area contributed by atoms with Gasteiger partial charge in [0.15, 0.2) is 0 Å². The highest BCUT2D eigenvalue weighted by Crippen LogP contribution is 2.34. The number of rotatable bonds is 6. The molecule has 1 unspecified atom stereocenters. The number of aromatic nitrogens is 2. The zero-order valence-corrected chi connectivity index (χ0v) is 17.0. The molecule has 4 nitrogen and oxygen atoms in total. The van der Waals surface area contributed by atoms with E-state index in [9.17, 15) is 9.50 Å². The number of nitrogens with zero attached hydrogens (tertiary/aromatic N) is 3. The van der Waals surface area contributed by atoms with E-state index < -0.39 is 0 Å². The monoisotopic (exact) mass is 413 g/mol. The maximum Gasteiger partial charge on any atom is 0.123 e. The highest BCUT2D eigenvalue weighted by Gasteiger charge is 2.35. The van der Waals surface area contributed by atoms with Crippen molar-refractivity contribution in [2.24, 2.45) is 5.41 Å². The molecule has 0 bridgehead atoms. The average molecular weight is 414 g/mol. The fraction of sp³-hybridized carbons (Fsp3) is 0.348. The molecule has 6 heteroatoms. The molecule has 0 amide bonds. The van der Waals surface area contributed by atoms with Crippen LogP contribution in [0, 0.1) is 11.2 Å². The summed E-state index contributed by atoms with van der Waals surface area (Å²) in [5.41, 5.74) is 2.93. The normalized spacial score (nSPS) is 20.1. The van der Waals surface area contributed by atoms with E-state index in [0.29, 0.717) is 5.02 Å². The first-order valence-corrected chi connectivity index (χ1v) is 10.3. The van der Waals surface area contributed by atoms with Gasteiger partial charge in [0, 0.05) is 35.3 Å². The number of hydrogen-bond acceptors (Lipinski definition) is 3. The fourth-order valence-electron chi connectivity index (χ4n) is 4.27. The van der Waals surface area contributed by atoms with Crippen molar-refractivity contribution < 1.29 is 9.50 Å². The Labute approximate surface area is 175 Å². The van der Waals surface area contributed by atoms with Gasteiger partial charge in [-0.15, -0.1) is 0 Å². The van der Waals surface area contributed by atoms with Gasteiger partial charge in [-0.2, -0.15) is 5.10 Å². The number of aliphatic hydroxyl groups is 1. The zero-order chi connectivity index (χ0) is 20.3. The number of halogens is 2. The van der Waals surface area contributed by atoms with Gasteiger partial charge in [-0.05, 0) is 61.7 Å². The standard InChI is InChI=1S/C23H25ClFN3O/c24-20-3-1-4-22(11-20)28-15-19(13-26-28)14-27-10-2-9-23(16-27,17-29)12-18-5-7-21(25)8-6-18/h1,3-8,11,13,15,29H,2,9-10,12,14,16-17H2. The number of piperidine rings is 1. The third-order valence-electron chi connectivity index (χ3n) is 5.68. The van der Waals surface area contributed by atoms with Crippen LogP contribution in [0.4, 0.5) is 4.39 Å². The Balaban J connectivity index is 1.45. The summed E-state index contributed by atoms with van der Waals surface area (Å²) in [6.45, 7) is 2.71. The zero-order valence-electron chi connectivity index (χ0n) is 16.3. The van der Waals surface area contributed by atoms with Crippen molar-refractivity contribution in [2.75, 3.05) is 19.7 Å². The summed E-state index contributed by atoms with van der Waals surface area (Å²) in [6.07, 6.45) is 6.67. The van der Waals surface area contributed by atoms with Crippen LogP contribution < -0.4 is 0 Å². The molecule has 1 aliphatic rings. The lowest BCUT2D eigenvalue weighted by atomic mass is 9.75. The van der Waals surface area contributed by atoms with Crippen LogP contribution in [0.1, 0.15) is 24.0 Å². The van der Waals surface area contributed by atoms with E-state index in [2.05, 4.69) is 10.00 Å². The van der Waals surface area contributed by atoms with E-state index in [1.807, 2.05) is 53.5 Å². The minimum Gasteiger partial charge on any atom is -0.396 e. The van der Waals surface area contributed by atoms with Crippen molar-refractivity contribution in [3.8, 4) is 5.69 Å². The summed E-state index contributed by atoms with van der Waals surface area (Å²) < 4.78 is 15.1. The molecule has 0 saturated carbocycles. The van der Waals surface area contributed by atoms with Crippen molar-refractivity contribution in [2.45, 2.75) is 25.8 Å². The number of likely N-dealkylation sites (tertiary alicyclic amines) is 1. The lowest BCUT2D eigenvalue weighted by Crippen LogP contribution is -2.46. The molecule has 152 valence electrons. The maximum absolute atomic E-state index is 13.2. The van der Waals surface area contributed by atoms with Crippen LogP contribution in [0.3, 0.4) is 0 Å². The molecule has 2 heterocycles. The SMILES string of the molecule is OCC1(Cc2ccc(F)cc2)CCCN(Cc2cnn(-c3cccc(Cl)c3)c2)C1. The van der Waals surface area contributed by atoms with Gasteiger partial charge in [0.05, 0.1) is 18.5 Å². The van der Waals surface area contributed by atoms with Crippen LogP contribution in [0.15, 0.2) is 60.9 Å². The van der Waals surface area contributed by atoms with Gasteiger partial charge < -0.3 is 5.11 Å². The molecule has 1 aromatic heterocycles. The molecule has 0 aliphatic carbocycles. The predicted molar refractivity (Wildman–Crippen MR) is 113 cm³/mol. The Morgan fingerprint density at radius 3 is 2.72 bits per heavy atom. The molecule has 1 aliphatic heterocycles. The predicted octanol–water partition coefficient (Wildman–Crippen LogP) is 4.48. The molecule has 1 N–H and O–H groups in total. The summed E-state index contributed by atoms with van der Waals surface area (Å²) in [6, 6.07) is 14.2. The Bertz CT molecular complexity index is 959. The highest BCUT2D eigenvalue weighted by atomic mass is 35.5. The first kappa shape index (κ1) is 20.1. The summed E-state index contributed by atoms with van der Waals surface area (Å²) in [7, 11) is 0. The van der Waals surface area contributed by atoms with Crippen molar-refractivity contribution in [3.05, 3.63) is 82.9 Å². The average Bonchev–Trinajstić information content (AvgIpc) is 3.18. The first-order chi connectivity index (χ1) is 14.0. The lowest BCUT2D eigenvalue weighted by Gasteiger charge is -2.42. The van der Waals surface area contributed by atoms with Crippen molar-refractivity contribution >= 4 is 11.6 Å². The summed E-state index contributed by atoms with van der Waals surface area (Å²) in [4.78, 5) is 2.38. The number of aliphatic hydroxyl groups excluding tert-OH is 1. The second-order valence-electron chi connectivity index (χ2n) is 8.05. The summed E-state index contributed by atoms with van der Waals surface area (Å²) in [5, 5.41) is 15.3. The topological polar surface area (TPSA) is 41.3 Å². The molecule has 0 spiro atoms. The van der Waals surface area contributed by atoms with E-state index in [-0.39, 0.29) is 17.8 Å². The fourth-order valence-corrected chi connectivity index (χ4v) is 4.45. The summed E-state index contributed by atoms with van der Waals surface area (Å²) in [5.74, 6) is -0.228. The maximum atomic E-state index is 13.2. The molecule has 2 aromatic carbocycles. The van der Waals surface area contributed by atoms with Gasteiger partial charge >= 0.3 is 0 Å². The third-order valence-corrected chi connectivity index (χ3v) is 5.92. The van der Waals surface area contributed by atoms with Gasteiger partial charge in [-0.3, -0.25) is 4.90 Å². The summed E-state index contributed by atoms with van der Waals surface area (Å²) >= 11 is 6.09. The Hall–Kier alpha value is -2.21. The van der Waals surface area contributed by atoms with Crippen molar-refractivity contribution in [1.29, 1.82) is 0 Å². The third kappa shape index (κ3) is 4.86. The number of hydrogen-bond donors (Lipinski definition) is 1. The quantitative estimate of drug-likeness (QED) is 0.647. The molecule has 3 aromatic rings. The highest BCUT2D eigenvalue weighted by molar-refractivity contribution is 6.30. The minimum absolute atomic E-state index is 0.128. The van der Waals surface area contributed by atoms with E-state index >= 15 is 0 Å². The molecule has 1 atom stereocenters. The van der Waals surface area contributed by atoms with Gasteiger partial charge in [0.2, 0.25) is 0 Å². The molecule has 4 rings (SSSR count). The second-order valence-corrected chi connectivity index (χ2v) is 8.49. The molecular formula is C23H25ClFN3O. The lowest BCUT2D eigenvalue weighted by molar-refractivity contribution is 0.0288. The van der Waals surface area contributed by atoms with Crippen LogP contribution >= 0.6 is 11.6 Å². The van der Waals surface area contributed by atoms with E-state index in [1.165, 1.54) is 12.1 Å². The Morgan fingerprint density at radius 2 is 1.97 bits per heavy atom. The molecular weight excluding hydrogens is 389 g/mol. The van der Waals surface area contributed by atoms with E-state index in [0.717, 1.165) is 55.7 Å². The Kier molecular flexibility index (Phi) is 5.99. The van der Waals surface area contributed by atoms with Crippen molar-refractivity contribution in [1.82, 2.24) is 14.7 Å². The van der Waals surface area contributed by atoms with Gasteiger partial charge in [0.1, 0.15) is 5.82 Å². The van der Waals surface area contributed by atoms with E-state index in [4.69, 9.17) is 11.6 Å². The molecule has 1 fully saturated rings. The molecule has 1 saturated heterocycles.